The minimum absolute atomic E-state index is 0.0642. The van der Waals surface area contributed by atoms with E-state index < -0.39 is 6.03 Å². The molecule has 0 atom stereocenters. The molecule has 0 fully saturated rings. The van der Waals surface area contributed by atoms with Crippen LogP contribution in [0.25, 0.3) is 10.9 Å². The lowest BCUT2D eigenvalue weighted by Crippen LogP contribution is -2.36. The zero-order valence-corrected chi connectivity index (χ0v) is 19.6. The molecule has 1 aromatic heterocycles. The summed E-state index contributed by atoms with van der Waals surface area (Å²) in [6.45, 7) is 0.269. The Bertz CT molecular complexity index is 1390. The third kappa shape index (κ3) is 5.15. The van der Waals surface area contributed by atoms with Gasteiger partial charge < -0.3 is 24.7 Å². The number of carbonyl (C=O) groups is 1. The number of amides is 2. The monoisotopic (exact) mass is 477 g/mol. The van der Waals surface area contributed by atoms with Gasteiger partial charge in [0, 0.05) is 28.0 Å². The molecule has 1 heterocycles. The number of benzene rings is 3. The van der Waals surface area contributed by atoms with Gasteiger partial charge in [-0.15, -0.1) is 0 Å². The average Bonchev–Trinajstić information content (AvgIpc) is 2.85. The molecule has 4 aromatic rings. The van der Waals surface area contributed by atoms with Crippen molar-refractivity contribution in [1.82, 2.24) is 9.88 Å². The molecule has 0 saturated heterocycles. The highest BCUT2D eigenvalue weighted by Gasteiger charge is 2.19. The molecule has 0 saturated carbocycles. The van der Waals surface area contributed by atoms with E-state index in [9.17, 15) is 9.59 Å². The van der Waals surface area contributed by atoms with Crippen molar-refractivity contribution in [2.75, 3.05) is 19.5 Å². The number of hydrogen-bond donors (Lipinski definition) is 2. The van der Waals surface area contributed by atoms with Crippen LogP contribution in [0.5, 0.6) is 11.5 Å². The van der Waals surface area contributed by atoms with E-state index in [1.165, 1.54) is 12.0 Å². The molecule has 0 aliphatic rings. The maximum atomic E-state index is 13.4. The SMILES string of the molecule is COc1ccc2[nH]c(=O)c(CN(Cc3ccccc3Cl)C(=O)Nc3ccccc3OC)cc2c1. The number of ether oxygens (including phenoxy) is 2. The van der Waals surface area contributed by atoms with E-state index in [-0.39, 0.29) is 18.6 Å². The fourth-order valence-corrected chi connectivity index (χ4v) is 3.85. The summed E-state index contributed by atoms with van der Waals surface area (Å²) in [4.78, 5) is 30.6. The fourth-order valence-electron chi connectivity index (χ4n) is 3.65. The number of nitrogens with zero attached hydrogens (tertiary/aromatic N) is 1. The second kappa shape index (κ2) is 10.3. The number of hydrogen-bond acceptors (Lipinski definition) is 4. The Morgan fingerprint density at radius 1 is 0.941 bits per heavy atom. The summed E-state index contributed by atoms with van der Waals surface area (Å²) in [5.41, 5.74) is 2.13. The number of para-hydroxylation sites is 2. The Morgan fingerprint density at radius 3 is 2.44 bits per heavy atom. The molecule has 34 heavy (non-hydrogen) atoms. The van der Waals surface area contributed by atoms with Crippen LogP contribution < -0.4 is 20.3 Å². The molecule has 0 unspecified atom stereocenters. The molecule has 0 aliphatic heterocycles. The van der Waals surface area contributed by atoms with E-state index in [0.29, 0.717) is 33.3 Å². The summed E-state index contributed by atoms with van der Waals surface area (Å²) in [6.07, 6.45) is 0. The second-order valence-corrected chi connectivity index (χ2v) is 8.06. The lowest BCUT2D eigenvalue weighted by molar-refractivity contribution is 0.206. The highest BCUT2D eigenvalue weighted by Crippen LogP contribution is 2.25. The molecule has 0 aliphatic carbocycles. The quantitative estimate of drug-likeness (QED) is 0.371. The van der Waals surface area contributed by atoms with Gasteiger partial charge in [-0.25, -0.2) is 4.79 Å². The molecule has 2 N–H and O–H groups in total. The first kappa shape index (κ1) is 23.2. The first-order chi connectivity index (χ1) is 16.5. The summed E-state index contributed by atoms with van der Waals surface area (Å²) >= 11 is 6.37. The molecule has 8 heteroatoms. The molecular weight excluding hydrogens is 454 g/mol. The number of aromatic nitrogens is 1. The average molecular weight is 478 g/mol. The highest BCUT2D eigenvalue weighted by atomic mass is 35.5. The van der Waals surface area contributed by atoms with E-state index in [0.717, 1.165) is 10.9 Å². The number of methoxy groups -OCH3 is 2. The van der Waals surface area contributed by atoms with Gasteiger partial charge >= 0.3 is 6.03 Å². The van der Waals surface area contributed by atoms with Crippen LogP contribution in [0.1, 0.15) is 11.1 Å². The van der Waals surface area contributed by atoms with Crippen LogP contribution in [0.4, 0.5) is 10.5 Å². The van der Waals surface area contributed by atoms with Crippen molar-refractivity contribution >= 4 is 34.2 Å². The van der Waals surface area contributed by atoms with E-state index in [2.05, 4.69) is 10.3 Å². The predicted octanol–water partition coefficient (Wildman–Crippen LogP) is 5.43. The van der Waals surface area contributed by atoms with Gasteiger partial charge in [-0.3, -0.25) is 4.79 Å². The van der Waals surface area contributed by atoms with Crippen molar-refractivity contribution in [2.24, 2.45) is 0 Å². The zero-order valence-electron chi connectivity index (χ0n) is 18.8. The number of urea groups is 1. The van der Waals surface area contributed by atoms with Crippen LogP contribution in [0.2, 0.25) is 5.02 Å². The Hall–Kier alpha value is -3.97. The van der Waals surface area contributed by atoms with Gasteiger partial charge in [0.2, 0.25) is 0 Å². The van der Waals surface area contributed by atoms with Gasteiger partial charge in [-0.05, 0) is 48.0 Å². The van der Waals surface area contributed by atoms with Crippen LogP contribution in [0.3, 0.4) is 0 Å². The molecule has 7 nitrogen and oxygen atoms in total. The minimum atomic E-state index is -0.394. The maximum Gasteiger partial charge on any atom is 0.322 e. The topological polar surface area (TPSA) is 83.7 Å². The van der Waals surface area contributed by atoms with Crippen LogP contribution in [-0.4, -0.2) is 30.1 Å². The van der Waals surface area contributed by atoms with Crippen molar-refractivity contribution in [1.29, 1.82) is 0 Å². The molecule has 0 radical (unpaired) electrons. The number of fused-ring (bicyclic) bond motifs is 1. The van der Waals surface area contributed by atoms with Crippen LogP contribution in [-0.2, 0) is 13.1 Å². The fraction of sp³-hybridized carbons (Fsp3) is 0.154. The normalized spacial score (nSPS) is 10.7. The highest BCUT2D eigenvalue weighted by molar-refractivity contribution is 6.31. The largest absolute Gasteiger partial charge is 0.497 e. The number of anilines is 1. The van der Waals surface area contributed by atoms with Gasteiger partial charge in [0.05, 0.1) is 26.5 Å². The van der Waals surface area contributed by atoms with E-state index >= 15 is 0 Å². The summed E-state index contributed by atoms with van der Waals surface area (Å²) in [6, 6.07) is 21.2. The van der Waals surface area contributed by atoms with Crippen LogP contribution >= 0.6 is 11.6 Å². The Labute approximate surface area is 201 Å². The molecule has 174 valence electrons. The first-order valence-electron chi connectivity index (χ1n) is 10.6. The lowest BCUT2D eigenvalue weighted by Gasteiger charge is -2.24. The lowest BCUT2D eigenvalue weighted by atomic mass is 10.1. The molecule has 4 rings (SSSR count). The van der Waals surface area contributed by atoms with E-state index in [4.69, 9.17) is 21.1 Å². The third-order valence-electron chi connectivity index (χ3n) is 5.44. The zero-order chi connectivity index (χ0) is 24.1. The summed E-state index contributed by atoms with van der Waals surface area (Å²) in [7, 11) is 3.12. The Kier molecular flexibility index (Phi) is 7.04. The second-order valence-electron chi connectivity index (χ2n) is 7.65. The van der Waals surface area contributed by atoms with Crippen molar-refractivity contribution in [3.05, 3.63) is 99.3 Å². The smallest absolute Gasteiger partial charge is 0.322 e. The number of halogens is 1. The summed E-state index contributed by atoms with van der Waals surface area (Å²) < 4.78 is 10.6. The molecule has 0 spiro atoms. The minimum Gasteiger partial charge on any atom is -0.497 e. The van der Waals surface area contributed by atoms with Crippen molar-refractivity contribution in [3.63, 3.8) is 0 Å². The van der Waals surface area contributed by atoms with Gasteiger partial charge in [-0.2, -0.15) is 0 Å². The predicted molar refractivity (Wildman–Crippen MR) is 134 cm³/mol. The number of aromatic amines is 1. The van der Waals surface area contributed by atoms with Crippen molar-refractivity contribution in [3.8, 4) is 11.5 Å². The van der Waals surface area contributed by atoms with Gasteiger partial charge in [0.15, 0.2) is 0 Å². The number of nitrogens with one attached hydrogen (secondary N) is 2. The molecular formula is C26H24ClN3O4. The van der Waals surface area contributed by atoms with Crippen LogP contribution in [0, 0.1) is 0 Å². The standard InChI is InChI=1S/C26H24ClN3O4/c1-33-20-11-12-22-18(14-20)13-19(25(31)28-22)16-30(15-17-7-3-4-8-21(17)27)26(32)29-23-9-5-6-10-24(23)34-2/h3-14H,15-16H2,1-2H3,(H,28,31)(H,29,32). The van der Waals surface area contributed by atoms with Crippen LogP contribution in [0.15, 0.2) is 77.6 Å². The molecule has 3 aromatic carbocycles. The number of pyridine rings is 1. The molecule has 0 bridgehead atoms. The van der Waals surface area contributed by atoms with Gasteiger partial charge in [-0.1, -0.05) is 41.9 Å². The number of carbonyl (C=O) groups excluding carboxylic acids is 1. The first-order valence-corrected chi connectivity index (χ1v) is 11.0. The maximum absolute atomic E-state index is 13.4. The summed E-state index contributed by atoms with van der Waals surface area (Å²) in [5, 5.41) is 4.22. The van der Waals surface area contributed by atoms with Gasteiger partial charge in [0.25, 0.3) is 5.56 Å². The molecule has 2 amide bonds. The Balaban J connectivity index is 1.69. The van der Waals surface area contributed by atoms with Crippen molar-refractivity contribution in [2.45, 2.75) is 13.1 Å². The number of rotatable bonds is 7. The Morgan fingerprint density at radius 2 is 1.68 bits per heavy atom. The third-order valence-corrected chi connectivity index (χ3v) is 5.81. The van der Waals surface area contributed by atoms with E-state index in [1.807, 2.05) is 30.3 Å². The number of H-pyrrole nitrogens is 1. The summed E-state index contributed by atoms with van der Waals surface area (Å²) in [5.74, 6) is 1.21. The van der Waals surface area contributed by atoms with E-state index in [1.54, 1.807) is 49.6 Å². The van der Waals surface area contributed by atoms with Gasteiger partial charge in [0.1, 0.15) is 11.5 Å². The van der Waals surface area contributed by atoms with Crippen molar-refractivity contribution < 1.29 is 14.3 Å².